The first kappa shape index (κ1) is 14.1. The minimum atomic E-state index is 0.0673. The van der Waals surface area contributed by atoms with Gasteiger partial charge in [0, 0.05) is 39.8 Å². The van der Waals surface area contributed by atoms with E-state index in [9.17, 15) is 0 Å². The van der Waals surface area contributed by atoms with Crippen molar-refractivity contribution < 1.29 is 9.47 Å². The quantitative estimate of drug-likeness (QED) is 0.846. The number of hydrogen-bond donors (Lipinski definition) is 0. The molecule has 0 radical (unpaired) electrons. The molecule has 0 aliphatic carbocycles. The molecule has 3 rings (SSSR count). The third-order valence-electron chi connectivity index (χ3n) is 4.49. The summed E-state index contributed by atoms with van der Waals surface area (Å²) < 4.78 is 11.5. The standard InChI is InChI=1S/C17H25NO2/c1-13-6-14(2)8-15(7-13)10-18-11-17(12-18)9-16(19-3)4-5-20-17/h6-8,16H,4-5,9-12H2,1-3H3. The summed E-state index contributed by atoms with van der Waals surface area (Å²) in [5.41, 5.74) is 4.18. The van der Waals surface area contributed by atoms with Gasteiger partial charge in [0.15, 0.2) is 0 Å². The number of nitrogens with zero attached hydrogens (tertiary/aromatic N) is 1. The normalized spacial score (nSPS) is 25.6. The first-order valence-electron chi connectivity index (χ1n) is 7.55. The SMILES string of the molecule is COC1CCOC2(C1)CN(Cc1cc(C)cc(C)c1)C2. The number of aryl methyl sites for hydroxylation is 2. The number of hydrogen-bond acceptors (Lipinski definition) is 3. The van der Waals surface area contributed by atoms with E-state index in [-0.39, 0.29) is 5.60 Å². The molecule has 2 aliphatic heterocycles. The van der Waals surface area contributed by atoms with Crippen LogP contribution in [0.1, 0.15) is 29.5 Å². The van der Waals surface area contributed by atoms with E-state index in [1.54, 1.807) is 0 Å². The van der Waals surface area contributed by atoms with Gasteiger partial charge >= 0.3 is 0 Å². The Morgan fingerprint density at radius 3 is 2.60 bits per heavy atom. The second-order valence-corrected chi connectivity index (χ2v) is 6.52. The predicted octanol–water partition coefficient (Wildman–Crippen LogP) is 2.68. The van der Waals surface area contributed by atoms with Gasteiger partial charge in [-0.15, -0.1) is 0 Å². The Morgan fingerprint density at radius 1 is 1.25 bits per heavy atom. The zero-order chi connectivity index (χ0) is 14.2. The topological polar surface area (TPSA) is 21.7 Å². The van der Waals surface area contributed by atoms with Crippen LogP contribution in [0.2, 0.25) is 0 Å². The van der Waals surface area contributed by atoms with Gasteiger partial charge in [0.1, 0.15) is 0 Å². The Balaban J connectivity index is 1.57. The van der Waals surface area contributed by atoms with Gasteiger partial charge in [-0.1, -0.05) is 29.3 Å². The smallest absolute Gasteiger partial charge is 0.0959 e. The molecule has 0 amide bonds. The molecule has 3 heteroatoms. The molecule has 1 atom stereocenters. The molecule has 0 bridgehead atoms. The highest BCUT2D eigenvalue weighted by Crippen LogP contribution is 2.35. The largest absolute Gasteiger partial charge is 0.381 e. The molecule has 1 spiro atoms. The maximum absolute atomic E-state index is 6.03. The van der Waals surface area contributed by atoms with Gasteiger partial charge in [0.25, 0.3) is 0 Å². The summed E-state index contributed by atoms with van der Waals surface area (Å²) in [5.74, 6) is 0. The van der Waals surface area contributed by atoms with Gasteiger partial charge < -0.3 is 9.47 Å². The van der Waals surface area contributed by atoms with Crippen molar-refractivity contribution >= 4 is 0 Å². The van der Waals surface area contributed by atoms with E-state index >= 15 is 0 Å². The molecule has 20 heavy (non-hydrogen) atoms. The summed E-state index contributed by atoms with van der Waals surface area (Å²) in [6.45, 7) is 8.30. The molecular formula is C17H25NO2. The van der Waals surface area contributed by atoms with E-state index in [1.165, 1.54) is 16.7 Å². The lowest BCUT2D eigenvalue weighted by atomic mass is 9.84. The maximum Gasteiger partial charge on any atom is 0.0959 e. The third kappa shape index (κ3) is 2.90. The molecule has 0 N–H and O–H groups in total. The summed E-state index contributed by atoms with van der Waals surface area (Å²) >= 11 is 0. The zero-order valence-electron chi connectivity index (χ0n) is 12.8. The van der Waals surface area contributed by atoms with Crippen LogP contribution in [0.5, 0.6) is 0 Å². The van der Waals surface area contributed by atoms with Crippen molar-refractivity contribution in [2.24, 2.45) is 0 Å². The molecular weight excluding hydrogens is 250 g/mol. The van der Waals surface area contributed by atoms with E-state index in [0.29, 0.717) is 6.10 Å². The van der Waals surface area contributed by atoms with E-state index < -0.39 is 0 Å². The van der Waals surface area contributed by atoms with Gasteiger partial charge in [0.05, 0.1) is 11.7 Å². The third-order valence-corrected chi connectivity index (χ3v) is 4.49. The van der Waals surface area contributed by atoms with E-state index in [0.717, 1.165) is 39.1 Å². The number of likely N-dealkylation sites (tertiary alicyclic amines) is 1. The summed E-state index contributed by atoms with van der Waals surface area (Å²) in [6.07, 6.45) is 2.47. The lowest BCUT2D eigenvalue weighted by molar-refractivity contribution is -0.195. The fraction of sp³-hybridized carbons (Fsp3) is 0.647. The molecule has 1 unspecified atom stereocenters. The lowest BCUT2D eigenvalue weighted by Crippen LogP contribution is -2.65. The Hall–Kier alpha value is -0.900. The molecule has 3 nitrogen and oxygen atoms in total. The number of rotatable bonds is 3. The van der Waals surface area contributed by atoms with Crippen molar-refractivity contribution in [1.29, 1.82) is 0 Å². The highest BCUT2D eigenvalue weighted by Gasteiger charge is 2.47. The van der Waals surface area contributed by atoms with Gasteiger partial charge in [-0.25, -0.2) is 0 Å². The monoisotopic (exact) mass is 275 g/mol. The van der Waals surface area contributed by atoms with E-state index in [4.69, 9.17) is 9.47 Å². The van der Waals surface area contributed by atoms with Gasteiger partial charge in [0.2, 0.25) is 0 Å². The van der Waals surface area contributed by atoms with Crippen molar-refractivity contribution in [1.82, 2.24) is 4.90 Å². The van der Waals surface area contributed by atoms with Crippen LogP contribution in [0.15, 0.2) is 18.2 Å². The van der Waals surface area contributed by atoms with Crippen LogP contribution in [-0.4, -0.2) is 43.4 Å². The summed E-state index contributed by atoms with van der Waals surface area (Å²) in [7, 11) is 1.82. The zero-order valence-corrected chi connectivity index (χ0v) is 12.8. The van der Waals surface area contributed by atoms with Crippen molar-refractivity contribution in [2.75, 3.05) is 26.8 Å². The van der Waals surface area contributed by atoms with Crippen molar-refractivity contribution in [2.45, 2.75) is 44.9 Å². The Kier molecular flexibility index (Phi) is 3.85. The molecule has 1 aromatic carbocycles. The van der Waals surface area contributed by atoms with Gasteiger partial charge in [-0.2, -0.15) is 0 Å². The van der Waals surface area contributed by atoms with Gasteiger partial charge in [-0.05, 0) is 25.8 Å². The Bertz CT molecular complexity index is 460. The molecule has 2 aliphatic rings. The molecule has 0 saturated carbocycles. The minimum Gasteiger partial charge on any atom is -0.381 e. The van der Waals surface area contributed by atoms with Crippen LogP contribution in [0.3, 0.4) is 0 Å². The van der Waals surface area contributed by atoms with Crippen molar-refractivity contribution in [3.63, 3.8) is 0 Å². The first-order chi connectivity index (χ1) is 9.58. The number of ether oxygens (including phenoxy) is 2. The average molecular weight is 275 g/mol. The Morgan fingerprint density at radius 2 is 1.95 bits per heavy atom. The fourth-order valence-electron chi connectivity index (χ4n) is 3.70. The number of benzene rings is 1. The first-order valence-corrected chi connectivity index (χ1v) is 7.55. The van der Waals surface area contributed by atoms with Crippen molar-refractivity contribution in [3.05, 3.63) is 34.9 Å². The highest BCUT2D eigenvalue weighted by atomic mass is 16.5. The lowest BCUT2D eigenvalue weighted by Gasteiger charge is -2.53. The van der Waals surface area contributed by atoms with Crippen LogP contribution in [0.25, 0.3) is 0 Å². The second kappa shape index (κ2) is 5.47. The van der Waals surface area contributed by atoms with Crippen LogP contribution in [-0.2, 0) is 16.0 Å². The molecule has 0 aromatic heterocycles. The molecule has 1 aromatic rings. The fourth-order valence-corrected chi connectivity index (χ4v) is 3.70. The van der Waals surface area contributed by atoms with Crippen LogP contribution in [0, 0.1) is 13.8 Å². The summed E-state index contributed by atoms with van der Waals surface area (Å²) in [4.78, 5) is 2.48. The van der Waals surface area contributed by atoms with E-state index in [1.807, 2.05) is 7.11 Å². The predicted molar refractivity (Wildman–Crippen MR) is 79.9 cm³/mol. The minimum absolute atomic E-state index is 0.0673. The van der Waals surface area contributed by atoms with Gasteiger partial charge in [-0.3, -0.25) is 4.90 Å². The van der Waals surface area contributed by atoms with Crippen LogP contribution < -0.4 is 0 Å². The summed E-state index contributed by atoms with van der Waals surface area (Å²) in [5, 5.41) is 0. The van der Waals surface area contributed by atoms with Crippen LogP contribution in [0.4, 0.5) is 0 Å². The average Bonchev–Trinajstić information content (AvgIpc) is 2.36. The highest BCUT2D eigenvalue weighted by molar-refractivity contribution is 5.28. The maximum atomic E-state index is 6.03. The van der Waals surface area contributed by atoms with Crippen LogP contribution >= 0.6 is 0 Å². The molecule has 2 fully saturated rings. The molecule has 2 saturated heterocycles. The second-order valence-electron chi connectivity index (χ2n) is 6.52. The van der Waals surface area contributed by atoms with Crippen molar-refractivity contribution in [3.8, 4) is 0 Å². The molecule has 2 heterocycles. The number of methoxy groups -OCH3 is 1. The Labute approximate surface area is 121 Å². The summed E-state index contributed by atoms with van der Waals surface area (Å²) in [6, 6.07) is 6.81. The molecule has 110 valence electrons. The van der Waals surface area contributed by atoms with E-state index in [2.05, 4.69) is 36.9 Å².